The largest absolute Gasteiger partial charge is 0.497 e. The normalized spacial score (nSPS) is 10.6. The van der Waals surface area contributed by atoms with Crippen LogP contribution in [0.4, 0.5) is 0 Å². The number of amides is 1. The lowest BCUT2D eigenvalue weighted by Gasteiger charge is -2.08. The van der Waals surface area contributed by atoms with E-state index in [1.807, 2.05) is 6.92 Å². The number of nitrogens with one attached hydrogen (secondary N) is 1. The summed E-state index contributed by atoms with van der Waals surface area (Å²) in [4.78, 5) is 11.8. The van der Waals surface area contributed by atoms with Crippen LogP contribution in [0.25, 0.3) is 0 Å². The number of carbonyl (C=O) groups excluding carboxylic acids is 1. The predicted octanol–water partition coefficient (Wildman–Crippen LogP) is 3.19. The van der Waals surface area contributed by atoms with Crippen molar-refractivity contribution in [2.75, 3.05) is 20.8 Å². The van der Waals surface area contributed by atoms with E-state index in [1.54, 1.807) is 50.6 Å². The molecular weight excluding hydrogens is 344 g/mol. The smallest absolute Gasteiger partial charge is 0.277 e. The second-order valence-electron chi connectivity index (χ2n) is 5.10. The molecule has 6 nitrogen and oxygen atoms in total. The molecule has 2 aromatic carbocycles. The number of hydrogen-bond donors (Lipinski definition) is 1. The first-order chi connectivity index (χ1) is 12.0. The topological polar surface area (TPSA) is 69.2 Å². The van der Waals surface area contributed by atoms with E-state index in [0.29, 0.717) is 27.8 Å². The van der Waals surface area contributed by atoms with E-state index in [-0.39, 0.29) is 12.5 Å². The zero-order valence-electron chi connectivity index (χ0n) is 14.2. The summed E-state index contributed by atoms with van der Waals surface area (Å²) < 4.78 is 15.8. The van der Waals surface area contributed by atoms with Gasteiger partial charge in [0.25, 0.3) is 5.91 Å². The average molecular weight is 363 g/mol. The van der Waals surface area contributed by atoms with Gasteiger partial charge in [-0.05, 0) is 42.8 Å². The van der Waals surface area contributed by atoms with Crippen molar-refractivity contribution in [3.05, 3.63) is 52.5 Å². The molecule has 0 bridgehead atoms. The third-order valence-electron chi connectivity index (χ3n) is 3.33. The summed E-state index contributed by atoms with van der Waals surface area (Å²) in [6.45, 7) is 1.71. The van der Waals surface area contributed by atoms with Gasteiger partial charge in [0.2, 0.25) is 0 Å². The van der Waals surface area contributed by atoms with Crippen molar-refractivity contribution in [2.45, 2.75) is 6.92 Å². The van der Waals surface area contributed by atoms with Crippen molar-refractivity contribution in [3.8, 4) is 17.2 Å². The number of carbonyl (C=O) groups is 1. The number of benzene rings is 2. The molecule has 0 atom stereocenters. The third-order valence-corrected chi connectivity index (χ3v) is 3.76. The molecule has 0 unspecified atom stereocenters. The van der Waals surface area contributed by atoms with Crippen LogP contribution in [0.5, 0.6) is 17.2 Å². The monoisotopic (exact) mass is 362 g/mol. The van der Waals surface area contributed by atoms with Gasteiger partial charge in [0.1, 0.15) is 17.2 Å². The van der Waals surface area contributed by atoms with Gasteiger partial charge in [-0.2, -0.15) is 5.10 Å². The van der Waals surface area contributed by atoms with Crippen LogP contribution in [-0.2, 0) is 4.79 Å². The van der Waals surface area contributed by atoms with Crippen molar-refractivity contribution in [1.29, 1.82) is 0 Å². The van der Waals surface area contributed by atoms with Gasteiger partial charge in [0.05, 0.1) is 20.4 Å². The second kappa shape index (κ2) is 8.94. The number of methoxy groups -OCH3 is 2. The highest BCUT2D eigenvalue weighted by Gasteiger charge is 2.05. The number of hydrogen-bond acceptors (Lipinski definition) is 5. The molecule has 0 aliphatic heterocycles. The molecule has 132 valence electrons. The van der Waals surface area contributed by atoms with E-state index in [4.69, 9.17) is 25.8 Å². The molecule has 0 aromatic heterocycles. The summed E-state index contributed by atoms with van der Waals surface area (Å²) in [7, 11) is 3.12. The van der Waals surface area contributed by atoms with Gasteiger partial charge in [-0.3, -0.25) is 4.79 Å². The Balaban J connectivity index is 1.89. The van der Waals surface area contributed by atoms with E-state index in [0.717, 1.165) is 5.56 Å². The maximum Gasteiger partial charge on any atom is 0.277 e. The van der Waals surface area contributed by atoms with Crippen LogP contribution in [0.2, 0.25) is 5.02 Å². The molecule has 2 rings (SSSR count). The Bertz CT molecular complexity index is 778. The quantitative estimate of drug-likeness (QED) is 0.606. The highest BCUT2D eigenvalue weighted by Crippen LogP contribution is 2.23. The Kier molecular flexibility index (Phi) is 6.65. The van der Waals surface area contributed by atoms with Gasteiger partial charge in [-0.1, -0.05) is 11.6 Å². The molecule has 25 heavy (non-hydrogen) atoms. The number of aryl methyl sites for hydroxylation is 1. The number of halogens is 1. The van der Waals surface area contributed by atoms with Gasteiger partial charge in [-0.15, -0.1) is 0 Å². The highest BCUT2D eigenvalue weighted by molar-refractivity contribution is 6.31. The summed E-state index contributed by atoms with van der Waals surface area (Å²) in [5.74, 6) is 1.45. The fraction of sp³-hybridized carbons (Fsp3) is 0.222. The van der Waals surface area contributed by atoms with Gasteiger partial charge < -0.3 is 14.2 Å². The molecule has 7 heteroatoms. The molecule has 0 heterocycles. The van der Waals surface area contributed by atoms with Crippen LogP contribution < -0.4 is 19.6 Å². The SMILES string of the molecule is COc1ccc(/C=N/NC(=O)COc2ccc(Cl)c(C)c2)c(OC)c1. The number of nitrogens with zero attached hydrogens (tertiary/aromatic N) is 1. The first kappa shape index (κ1) is 18.6. The van der Waals surface area contributed by atoms with Crippen LogP contribution in [0, 0.1) is 6.92 Å². The van der Waals surface area contributed by atoms with Crippen molar-refractivity contribution >= 4 is 23.7 Å². The number of hydrazone groups is 1. The van der Waals surface area contributed by atoms with Crippen molar-refractivity contribution in [1.82, 2.24) is 5.43 Å². The Labute approximate surface area is 151 Å². The fourth-order valence-electron chi connectivity index (χ4n) is 1.99. The number of rotatable bonds is 7. The maximum absolute atomic E-state index is 11.8. The molecule has 0 saturated heterocycles. The molecule has 0 spiro atoms. The van der Waals surface area contributed by atoms with Crippen LogP contribution in [0.1, 0.15) is 11.1 Å². The third kappa shape index (κ3) is 5.39. The van der Waals surface area contributed by atoms with Crippen LogP contribution in [0.15, 0.2) is 41.5 Å². The van der Waals surface area contributed by atoms with Gasteiger partial charge in [-0.25, -0.2) is 5.43 Å². The minimum atomic E-state index is -0.378. The predicted molar refractivity (Wildman–Crippen MR) is 97.0 cm³/mol. The molecular formula is C18H19ClN2O4. The summed E-state index contributed by atoms with van der Waals surface area (Å²) >= 11 is 5.94. The Hall–Kier alpha value is -2.73. The Morgan fingerprint density at radius 1 is 1.16 bits per heavy atom. The lowest BCUT2D eigenvalue weighted by atomic mass is 10.2. The summed E-state index contributed by atoms with van der Waals surface area (Å²) in [6, 6.07) is 10.5. The molecule has 0 saturated carbocycles. The van der Waals surface area contributed by atoms with Crippen molar-refractivity contribution < 1.29 is 19.0 Å². The Morgan fingerprint density at radius 3 is 2.60 bits per heavy atom. The summed E-state index contributed by atoms with van der Waals surface area (Å²) in [5.41, 5.74) is 3.99. The standard InChI is InChI=1S/C18H19ClN2O4/c1-12-8-15(6-7-16(12)19)25-11-18(22)21-20-10-13-4-5-14(23-2)9-17(13)24-3/h4-10H,11H2,1-3H3,(H,21,22)/b20-10+. The van der Waals surface area contributed by atoms with Crippen molar-refractivity contribution in [2.24, 2.45) is 5.10 Å². The van der Waals surface area contributed by atoms with Crippen LogP contribution in [0.3, 0.4) is 0 Å². The maximum atomic E-state index is 11.8. The lowest BCUT2D eigenvalue weighted by Crippen LogP contribution is -2.24. The molecule has 1 N–H and O–H groups in total. The van der Waals surface area contributed by atoms with E-state index >= 15 is 0 Å². The average Bonchev–Trinajstić information content (AvgIpc) is 2.62. The summed E-state index contributed by atoms with van der Waals surface area (Å²) in [5, 5.41) is 4.55. The molecule has 1 amide bonds. The van der Waals surface area contributed by atoms with Gasteiger partial charge in [0.15, 0.2) is 6.61 Å². The van der Waals surface area contributed by atoms with E-state index in [9.17, 15) is 4.79 Å². The van der Waals surface area contributed by atoms with Gasteiger partial charge in [0, 0.05) is 16.7 Å². The van der Waals surface area contributed by atoms with Crippen LogP contribution >= 0.6 is 11.6 Å². The molecule has 0 aliphatic carbocycles. The van der Waals surface area contributed by atoms with Crippen LogP contribution in [-0.4, -0.2) is 32.9 Å². The second-order valence-corrected chi connectivity index (χ2v) is 5.51. The molecule has 0 aliphatic rings. The van der Waals surface area contributed by atoms with Gasteiger partial charge >= 0.3 is 0 Å². The first-order valence-electron chi connectivity index (χ1n) is 7.46. The first-order valence-corrected chi connectivity index (χ1v) is 7.84. The lowest BCUT2D eigenvalue weighted by molar-refractivity contribution is -0.123. The van der Waals surface area contributed by atoms with E-state index in [2.05, 4.69) is 10.5 Å². The highest BCUT2D eigenvalue weighted by atomic mass is 35.5. The fourth-order valence-corrected chi connectivity index (χ4v) is 2.10. The van der Waals surface area contributed by atoms with E-state index < -0.39 is 0 Å². The summed E-state index contributed by atoms with van der Waals surface area (Å²) in [6.07, 6.45) is 1.49. The molecule has 2 aromatic rings. The molecule has 0 radical (unpaired) electrons. The minimum Gasteiger partial charge on any atom is -0.497 e. The Morgan fingerprint density at radius 2 is 1.92 bits per heavy atom. The molecule has 0 fully saturated rings. The zero-order chi connectivity index (χ0) is 18.2. The zero-order valence-corrected chi connectivity index (χ0v) is 15.0. The van der Waals surface area contributed by atoms with Crippen molar-refractivity contribution in [3.63, 3.8) is 0 Å². The minimum absolute atomic E-state index is 0.155. The number of ether oxygens (including phenoxy) is 3. The van der Waals surface area contributed by atoms with E-state index in [1.165, 1.54) is 6.21 Å².